The van der Waals surface area contributed by atoms with Gasteiger partial charge in [-0.25, -0.2) is 0 Å². The molecule has 0 saturated heterocycles. The quantitative estimate of drug-likeness (QED) is 0.339. The number of allylic oxidation sites excluding steroid dienone is 3. The first-order valence-electron chi connectivity index (χ1n) is 9.99. The van der Waals surface area contributed by atoms with E-state index < -0.39 is 17.6 Å². The molecule has 0 spiro atoms. The fourth-order valence-corrected chi connectivity index (χ4v) is 3.66. The van der Waals surface area contributed by atoms with Gasteiger partial charge in [-0.2, -0.15) is 13.2 Å². The second-order valence-corrected chi connectivity index (χ2v) is 8.35. The van der Waals surface area contributed by atoms with Crippen molar-refractivity contribution in [1.29, 1.82) is 0 Å². The van der Waals surface area contributed by atoms with Gasteiger partial charge >= 0.3 is 6.18 Å². The first-order valence-corrected chi connectivity index (χ1v) is 10.7. The molecule has 1 amide bonds. The Hall–Kier alpha value is -2.32. The Labute approximate surface area is 195 Å². The van der Waals surface area contributed by atoms with Crippen molar-refractivity contribution in [3.05, 3.63) is 69.7 Å². The smallest absolute Gasteiger partial charge is 0.416 e. The van der Waals surface area contributed by atoms with Crippen LogP contribution < -0.4 is 16.4 Å². The summed E-state index contributed by atoms with van der Waals surface area (Å²) in [6.45, 7) is 4.55. The normalized spacial score (nSPS) is 19.9. The molecular formula is C22H26Cl2F3N3O2. The van der Waals surface area contributed by atoms with Crippen LogP contribution in [0.25, 0.3) is 0 Å². The molecule has 1 aliphatic carbocycles. The molecule has 0 aromatic heterocycles. The van der Waals surface area contributed by atoms with Gasteiger partial charge in [-0.3, -0.25) is 4.79 Å². The number of hydrogen-bond donors (Lipinski definition) is 3. The van der Waals surface area contributed by atoms with Gasteiger partial charge in [0.15, 0.2) is 5.88 Å². The first kappa shape index (κ1) is 25.9. The number of nitrogens with two attached hydrogens (primary N) is 1. The van der Waals surface area contributed by atoms with E-state index in [0.29, 0.717) is 36.0 Å². The molecule has 0 heterocycles. The molecule has 2 rings (SSSR count). The number of benzene rings is 1. The van der Waals surface area contributed by atoms with E-state index in [9.17, 15) is 18.0 Å². The van der Waals surface area contributed by atoms with Crippen molar-refractivity contribution in [1.82, 2.24) is 10.6 Å². The molecule has 0 bridgehead atoms. The Balaban J connectivity index is 1.84. The van der Waals surface area contributed by atoms with Gasteiger partial charge in [-0.15, -0.1) is 0 Å². The summed E-state index contributed by atoms with van der Waals surface area (Å²) in [6, 6.07) is 2.60. The molecule has 32 heavy (non-hydrogen) atoms. The average Bonchev–Trinajstić information content (AvgIpc) is 2.75. The molecule has 0 aliphatic heterocycles. The van der Waals surface area contributed by atoms with Crippen LogP contribution in [0, 0.1) is 5.92 Å². The molecule has 1 aliphatic rings. The second-order valence-electron chi connectivity index (χ2n) is 7.53. The molecule has 0 unspecified atom stereocenters. The van der Waals surface area contributed by atoms with E-state index in [0.717, 1.165) is 31.0 Å². The second kappa shape index (κ2) is 11.5. The standard InChI is InChI=1S/C22H26Cl2F3N3O2/c1-13(18(23)9-10-20(28)32-2)29-12-14-3-6-16(7-4-14)30-21(31)17-11-15(22(25,26)27)5-8-19(17)24/h5,8-11,14,16,29H,1,3-4,6-7,12,28H2,2H3,(H,30,31)/b18-9+,20-10+/t14-,16-. The Morgan fingerprint density at radius 3 is 2.53 bits per heavy atom. The van der Waals surface area contributed by atoms with Crippen LogP contribution in [0.4, 0.5) is 13.2 Å². The maximum absolute atomic E-state index is 12.9. The van der Waals surface area contributed by atoms with Crippen molar-refractivity contribution in [2.45, 2.75) is 37.9 Å². The highest BCUT2D eigenvalue weighted by Crippen LogP contribution is 2.32. The predicted molar refractivity (Wildman–Crippen MR) is 120 cm³/mol. The zero-order valence-electron chi connectivity index (χ0n) is 17.6. The molecule has 0 atom stereocenters. The van der Waals surface area contributed by atoms with Crippen molar-refractivity contribution < 1.29 is 22.7 Å². The first-order chi connectivity index (χ1) is 15.0. The number of carbonyl (C=O) groups is 1. The third kappa shape index (κ3) is 7.67. The van der Waals surface area contributed by atoms with Crippen LogP contribution in [0.15, 0.2) is 53.5 Å². The molecule has 1 fully saturated rings. The van der Waals surface area contributed by atoms with E-state index in [1.54, 1.807) is 6.08 Å². The molecule has 10 heteroatoms. The predicted octanol–water partition coefficient (Wildman–Crippen LogP) is 5.32. The van der Waals surface area contributed by atoms with Gasteiger partial charge in [-0.1, -0.05) is 29.8 Å². The average molecular weight is 492 g/mol. The van der Waals surface area contributed by atoms with E-state index in [1.807, 2.05) is 0 Å². The number of alkyl halides is 3. The molecule has 0 radical (unpaired) electrons. The maximum Gasteiger partial charge on any atom is 0.416 e. The summed E-state index contributed by atoms with van der Waals surface area (Å²) >= 11 is 12.1. The fraction of sp³-hybridized carbons (Fsp3) is 0.409. The van der Waals surface area contributed by atoms with Gasteiger partial charge in [0, 0.05) is 18.3 Å². The van der Waals surface area contributed by atoms with Crippen molar-refractivity contribution in [3.8, 4) is 0 Å². The van der Waals surface area contributed by atoms with Crippen LogP contribution >= 0.6 is 23.2 Å². The lowest BCUT2D eigenvalue weighted by Crippen LogP contribution is -2.39. The summed E-state index contributed by atoms with van der Waals surface area (Å²) in [5.41, 5.74) is 5.00. The number of hydrogen-bond acceptors (Lipinski definition) is 4. The monoisotopic (exact) mass is 491 g/mol. The van der Waals surface area contributed by atoms with Gasteiger partial charge in [-0.05, 0) is 62.0 Å². The number of methoxy groups -OCH3 is 1. The molecule has 5 nitrogen and oxygen atoms in total. The lowest BCUT2D eigenvalue weighted by Gasteiger charge is -2.29. The SMILES string of the molecule is C=C(NC[C@H]1CC[C@H](NC(=O)c2cc(C(F)(F)F)ccc2Cl)CC1)/C(Cl)=C\C=C(/N)OC. The van der Waals surface area contributed by atoms with E-state index >= 15 is 0 Å². The highest BCUT2D eigenvalue weighted by atomic mass is 35.5. The maximum atomic E-state index is 12.9. The number of amides is 1. The largest absolute Gasteiger partial charge is 0.483 e. The Morgan fingerprint density at radius 1 is 1.28 bits per heavy atom. The number of rotatable bonds is 8. The lowest BCUT2D eigenvalue weighted by atomic mass is 9.86. The Morgan fingerprint density at radius 2 is 1.94 bits per heavy atom. The summed E-state index contributed by atoms with van der Waals surface area (Å²) in [5, 5.41) is 6.38. The Kier molecular flexibility index (Phi) is 9.33. The van der Waals surface area contributed by atoms with Crippen LogP contribution in [-0.2, 0) is 10.9 Å². The van der Waals surface area contributed by atoms with Crippen molar-refractivity contribution >= 4 is 29.1 Å². The molecular weight excluding hydrogens is 466 g/mol. The summed E-state index contributed by atoms with van der Waals surface area (Å²) in [4.78, 5) is 12.5. The summed E-state index contributed by atoms with van der Waals surface area (Å²) < 4.78 is 43.6. The fourth-order valence-electron chi connectivity index (χ4n) is 3.33. The molecule has 176 valence electrons. The topological polar surface area (TPSA) is 76.4 Å². The molecule has 1 saturated carbocycles. The molecule has 1 aromatic rings. The van der Waals surface area contributed by atoms with Crippen LogP contribution in [-0.4, -0.2) is 25.6 Å². The molecule has 1 aromatic carbocycles. The van der Waals surface area contributed by atoms with Gasteiger partial charge in [0.25, 0.3) is 5.91 Å². The van der Waals surface area contributed by atoms with Gasteiger partial charge in [0.1, 0.15) is 0 Å². The van der Waals surface area contributed by atoms with Gasteiger partial charge < -0.3 is 21.1 Å². The van der Waals surface area contributed by atoms with Crippen molar-refractivity contribution in [2.75, 3.05) is 13.7 Å². The van der Waals surface area contributed by atoms with Crippen LogP contribution in [0.2, 0.25) is 5.02 Å². The number of ether oxygens (including phenoxy) is 1. The minimum absolute atomic E-state index is 0.0149. The summed E-state index contributed by atoms with van der Waals surface area (Å²) in [7, 11) is 1.45. The highest BCUT2D eigenvalue weighted by molar-refractivity contribution is 6.33. The van der Waals surface area contributed by atoms with Crippen LogP contribution in [0.1, 0.15) is 41.6 Å². The van der Waals surface area contributed by atoms with Crippen molar-refractivity contribution in [2.24, 2.45) is 11.7 Å². The number of nitrogens with one attached hydrogen (secondary N) is 2. The summed E-state index contributed by atoms with van der Waals surface area (Å²) in [5.74, 6) is -0.0276. The third-order valence-electron chi connectivity index (χ3n) is 5.24. The van der Waals surface area contributed by atoms with E-state index in [1.165, 1.54) is 13.2 Å². The Bertz CT molecular complexity index is 893. The zero-order chi connectivity index (χ0) is 23.9. The van der Waals surface area contributed by atoms with E-state index in [4.69, 9.17) is 33.7 Å². The zero-order valence-corrected chi connectivity index (χ0v) is 19.1. The third-order valence-corrected chi connectivity index (χ3v) is 5.93. The molecule has 4 N–H and O–H groups in total. The van der Waals surface area contributed by atoms with Crippen molar-refractivity contribution in [3.63, 3.8) is 0 Å². The summed E-state index contributed by atoms with van der Waals surface area (Å²) in [6.07, 6.45) is 1.65. The number of carbonyl (C=O) groups excluding carboxylic acids is 1. The van der Waals surface area contributed by atoms with E-state index in [2.05, 4.69) is 17.2 Å². The number of halogens is 5. The van der Waals surface area contributed by atoms with Gasteiger partial charge in [0.05, 0.1) is 28.3 Å². The minimum atomic E-state index is -4.54. The minimum Gasteiger partial charge on any atom is -0.483 e. The lowest BCUT2D eigenvalue weighted by molar-refractivity contribution is -0.137. The highest BCUT2D eigenvalue weighted by Gasteiger charge is 2.32. The van der Waals surface area contributed by atoms with Gasteiger partial charge in [0.2, 0.25) is 0 Å². The van der Waals surface area contributed by atoms with Crippen LogP contribution in [0.5, 0.6) is 0 Å². The van der Waals surface area contributed by atoms with E-state index in [-0.39, 0.29) is 22.5 Å². The van der Waals surface area contributed by atoms with Crippen LogP contribution in [0.3, 0.4) is 0 Å².